The Balaban J connectivity index is 1.49. The summed E-state index contributed by atoms with van der Waals surface area (Å²) in [6.45, 7) is 1.88. The number of aliphatic hydroxyl groups is 1. The molecule has 3 N–H and O–H groups in total. The summed E-state index contributed by atoms with van der Waals surface area (Å²) in [6.07, 6.45) is 5.48. The summed E-state index contributed by atoms with van der Waals surface area (Å²) in [4.78, 5) is 33.8. The lowest BCUT2D eigenvalue weighted by Gasteiger charge is -2.14. The highest BCUT2D eigenvalue weighted by Crippen LogP contribution is 2.39. The molecule has 0 saturated heterocycles. The van der Waals surface area contributed by atoms with Gasteiger partial charge in [0.1, 0.15) is 12.3 Å². The van der Waals surface area contributed by atoms with Crippen molar-refractivity contribution in [3.05, 3.63) is 83.4 Å². The van der Waals surface area contributed by atoms with Gasteiger partial charge in [0, 0.05) is 30.6 Å². The first kappa shape index (κ1) is 25.9. The van der Waals surface area contributed by atoms with E-state index >= 15 is 0 Å². The van der Waals surface area contributed by atoms with E-state index in [4.69, 9.17) is 4.74 Å². The summed E-state index contributed by atoms with van der Waals surface area (Å²) < 4.78 is 5.67. The highest BCUT2D eigenvalue weighted by atomic mass is 16.5. The van der Waals surface area contributed by atoms with Crippen LogP contribution >= 0.6 is 0 Å². The predicted octanol–water partition coefficient (Wildman–Crippen LogP) is 3.77. The molecule has 3 aromatic heterocycles. The van der Waals surface area contributed by atoms with Crippen molar-refractivity contribution in [3.63, 3.8) is 0 Å². The number of aliphatic hydroxyl groups excluding tert-OH is 1. The van der Waals surface area contributed by atoms with Gasteiger partial charge < -0.3 is 20.5 Å². The third-order valence-electron chi connectivity index (χ3n) is 6.42. The first-order chi connectivity index (χ1) is 18.9. The third-order valence-corrected chi connectivity index (χ3v) is 6.42. The lowest BCUT2D eigenvalue weighted by atomic mass is 9.98. The van der Waals surface area contributed by atoms with Gasteiger partial charge in [-0.2, -0.15) is 5.10 Å². The molecule has 0 spiro atoms. The van der Waals surface area contributed by atoms with E-state index < -0.39 is 0 Å². The molecule has 10 nitrogen and oxygen atoms in total. The number of pyridine rings is 2. The molecular weight excluding hydrogens is 496 g/mol. The molecule has 0 bridgehead atoms. The monoisotopic (exact) mass is 524 g/mol. The van der Waals surface area contributed by atoms with Gasteiger partial charge in [-0.25, -0.2) is 4.98 Å². The summed E-state index contributed by atoms with van der Waals surface area (Å²) in [5.74, 6) is 0.141. The number of nitrogens with one attached hydrogen (secondary N) is 2. The number of aryl methyl sites for hydroxylation is 1. The Bertz CT molecular complexity index is 1540. The van der Waals surface area contributed by atoms with Crippen molar-refractivity contribution < 1.29 is 19.4 Å². The Labute approximate surface area is 225 Å². The molecule has 198 valence electrons. The standard InChI is InChI=1S/C29H28N6O4/c1-17-3-6-22(33-29(38)26-13-21(16-32-35-26)18-4-5-18)15-23(17)20-12-24(34-27(14-20)39-10-9-36)19-7-8-31-25(11-19)28(37)30-2/h3,6-8,11-16,18,36H,4-5,9-10H2,1-2H3,(H,30,37)(H,33,38). The van der Waals surface area contributed by atoms with E-state index in [1.807, 2.05) is 31.2 Å². The smallest absolute Gasteiger partial charge is 0.276 e. The quantitative estimate of drug-likeness (QED) is 0.301. The zero-order valence-electron chi connectivity index (χ0n) is 21.6. The minimum atomic E-state index is -0.333. The van der Waals surface area contributed by atoms with E-state index in [1.165, 1.54) is 0 Å². The Hall–Kier alpha value is -4.70. The second-order valence-electron chi connectivity index (χ2n) is 9.29. The number of carbonyl (C=O) groups excluding carboxylic acids is 2. The van der Waals surface area contributed by atoms with Crippen LogP contribution in [0.4, 0.5) is 5.69 Å². The molecule has 1 aliphatic rings. The second kappa shape index (κ2) is 11.4. The molecule has 0 unspecified atom stereocenters. The zero-order valence-corrected chi connectivity index (χ0v) is 21.6. The second-order valence-corrected chi connectivity index (χ2v) is 9.29. The molecule has 1 aromatic carbocycles. The van der Waals surface area contributed by atoms with Gasteiger partial charge in [0.05, 0.1) is 18.5 Å². The maximum absolute atomic E-state index is 13.0. The van der Waals surface area contributed by atoms with Gasteiger partial charge in [0.25, 0.3) is 11.8 Å². The average Bonchev–Trinajstić information content (AvgIpc) is 3.82. The number of anilines is 1. The number of aromatic nitrogens is 4. The van der Waals surface area contributed by atoms with E-state index in [-0.39, 0.29) is 36.4 Å². The maximum Gasteiger partial charge on any atom is 0.276 e. The van der Waals surface area contributed by atoms with Crippen molar-refractivity contribution in [1.29, 1.82) is 0 Å². The van der Waals surface area contributed by atoms with Gasteiger partial charge in [-0.05, 0) is 84.3 Å². The van der Waals surface area contributed by atoms with Gasteiger partial charge in [-0.15, -0.1) is 5.10 Å². The minimum absolute atomic E-state index is 0.0752. The summed E-state index contributed by atoms with van der Waals surface area (Å²) >= 11 is 0. The SMILES string of the molecule is CNC(=O)c1cc(-c2cc(-c3cc(NC(=O)c4cc(C5CC5)cnn4)ccc3C)cc(OCCO)n2)ccn1. The van der Waals surface area contributed by atoms with Gasteiger partial charge >= 0.3 is 0 Å². The van der Waals surface area contributed by atoms with Gasteiger partial charge in [-0.3, -0.25) is 14.6 Å². The summed E-state index contributed by atoms with van der Waals surface area (Å²) in [5.41, 5.74) is 6.02. The topological polar surface area (TPSA) is 139 Å². The molecule has 0 radical (unpaired) electrons. The lowest BCUT2D eigenvalue weighted by molar-refractivity contribution is 0.0957. The van der Waals surface area contributed by atoms with Gasteiger partial charge in [-0.1, -0.05) is 6.07 Å². The number of nitrogens with zero attached hydrogens (tertiary/aromatic N) is 4. The van der Waals surface area contributed by atoms with Crippen LogP contribution in [0, 0.1) is 6.92 Å². The Kier molecular flexibility index (Phi) is 7.55. The molecule has 1 fully saturated rings. The number of ether oxygens (including phenoxy) is 1. The Morgan fingerprint density at radius 1 is 1.03 bits per heavy atom. The van der Waals surface area contributed by atoms with Crippen molar-refractivity contribution in [2.45, 2.75) is 25.7 Å². The van der Waals surface area contributed by atoms with Crippen LogP contribution in [0.5, 0.6) is 5.88 Å². The van der Waals surface area contributed by atoms with E-state index in [0.717, 1.165) is 35.1 Å². The fraction of sp³-hybridized carbons (Fsp3) is 0.241. The first-order valence-corrected chi connectivity index (χ1v) is 12.6. The number of benzene rings is 1. The highest BCUT2D eigenvalue weighted by molar-refractivity contribution is 6.03. The van der Waals surface area contributed by atoms with Crippen LogP contribution in [0.3, 0.4) is 0 Å². The molecule has 4 aromatic rings. The van der Waals surface area contributed by atoms with Crippen LogP contribution in [-0.2, 0) is 0 Å². The van der Waals surface area contributed by atoms with Crippen LogP contribution in [0.15, 0.2) is 60.9 Å². The molecule has 10 heteroatoms. The highest BCUT2D eigenvalue weighted by Gasteiger charge is 2.25. The first-order valence-electron chi connectivity index (χ1n) is 12.6. The minimum Gasteiger partial charge on any atom is -0.475 e. The molecule has 39 heavy (non-hydrogen) atoms. The molecule has 1 saturated carbocycles. The number of carbonyl (C=O) groups is 2. The number of rotatable bonds is 9. The van der Waals surface area contributed by atoms with Crippen molar-refractivity contribution >= 4 is 17.5 Å². The number of amides is 2. The van der Waals surface area contributed by atoms with Crippen molar-refractivity contribution in [1.82, 2.24) is 25.5 Å². The van der Waals surface area contributed by atoms with E-state index in [1.54, 1.807) is 43.7 Å². The molecule has 1 aliphatic carbocycles. The molecule has 0 atom stereocenters. The van der Waals surface area contributed by atoms with Crippen molar-refractivity contribution in [3.8, 4) is 28.3 Å². The number of hydrogen-bond acceptors (Lipinski definition) is 8. The van der Waals surface area contributed by atoms with Crippen LogP contribution in [0.1, 0.15) is 50.9 Å². The maximum atomic E-state index is 13.0. The zero-order chi connectivity index (χ0) is 27.4. The van der Waals surface area contributed by atoms with Crippen LogP contribution in [0.2, 0.25) is 0 Å². The molecule has 2 amide bonds. The lowest BCUT2D eigenvalue weighted by Crippen LogP contribution is -2.19. The molecule has 0 aliphatic heterocycles. The van der Waals surface area contributed by atoms with Crippen LogP contribution < -0.4 is 15.4 Å². The third kappa shape index (κ3) is 6.07. The van der Waals surface area contributed by atoms with Gasteiger partial charge in [0.15, 0.2) is 5.69 Å². The summed E-state index contributed by atoms with van der Waals surface area (Å²) in [6, 6.07) is 14.5. The normalized spacial score (nSPS) is 12.6. The average molecular weight is 525 g/mol. The largest absolute Gasteiger partial charge is 0.475 e. The number of hydrogen-bond donors (Lipinski definition) is 3. The van der Waals surface area contributed by atoms with Gasteiger partial charge in [0.2, 0.25) is 5.88 Å². The van der Waals surface area contributed by atoms with E-state index in [0.29, 0.717) is 28.7 Å². The summed E-state index contributed by atoms with van der Waals surface area (Å²) in [7, 11) is 1.54. The Morgan fingerprint density at radius 3 is 2.64 bits per heavy atom. The molecular formula is C29H28N6O4. The fourth-order valence-corrected chi connectivity index (χ4v) is 4.21. The van der Waals surface area contributed by atoms with E-state index in [2.05, 4.69) is 30.8 Å². The van der Waals surface area contributed by atoms with Crippen molar-refractivity contribution in [2.75, 3.05) is 25.6 Å². The van der Waals surface area contributed by atoms with Crippen LogP contribution in [-0.4, -0.2) is 57.3 Å². The van der Waals surface area contributed by atoms with Crippen molar-refractivity contribution in [2.24, 2.45) is 0 Å². The van der Waals surface area contributed by atoms with E-state index in [9.17, 15) is 14.7 Å². The van der Waals surface area contributed by atoms with Crippen LogP contribution in [0.25, 0.3) is 22.4 Å². The molecule has 3 heterocycles. The predicted molar refractivity (Wildman–Crippen MR) is 146 cm³/mol. The molecule has 5 rings (SSSR count). The summed E-state index contributed by atoms with van der Waals surface area (Å²) in [5, 5.41) is 22.8. The fourth-order valence-electron chi connectivity index (χ4n) is 4.21. The Morgan fingerprint density at radius 2 is 1.87 bits per heavy atom.